The summed E-state index contributed by atoms with van der Waals surface area (Å²) in [5.41, 5.74) is 1.31. The topological polar surface area (TPSA) is 24.9 Å². The minimum absolute atomic E-state index is 0.452. The highest BCUT2D eigenvalue weighted by Gasteiger charge is 2.35. The maximum Gasteiger partial charge on any atom is 0.0361 e. The second-order valence-electron chi connectivity index (χ2n) is 4.99. The molecule has 82 valence electrons. The Labute approximate surface area is 92.1 Å². The Morgan fingerprint density at radius 2 is 2.20 bits per heavy atom. The van der Waals surface area contributed by atoms with Crippen LogP contribution in [-0.2, 0) is 0 Å². The minimum Gasteiger partial charge on any atom is -0.307 e. The lowest BCUT2D eigenvalue weighted by Gasteiger charge is -2.22. The summed E-state index contributed by atoms with van der Waals surface area (Å²) in [7, 11) is 0. The lowest BCUT2D eigenvalue weighted by molar-refractivity contribution is 0.401. The van der Waals surface area contributed by atoms with Gasteiger partial charge in [0.25, 0.3) is 0 Å². The van der Waals surface area contributed by atoms with E-state index in [1.54, 1.807) is 0 Å². The molecule has 0 spiro atoms. The van der Waals surface area contributed by atoms with Crippen LogP contribution in [0.4, 0.5) is 0 Å². The number of nitrogens with zero attached hydrogens (tertiary/aromatic N) is 1. The zero-order chi connectivity index (χ0) is 10.8. The van der Waals surface area contributed by atoms with E-state index in [1.807, 2.05) is 18.5 Å². The highest BCUT2D eigenvalue weighted by Crippen LogP contribution is 2.33. The largest absolute Gasteiger partial charge is 0.307 e. The zero-order valence-corrected chi connectivity index (χ0v) is 9.77. The molecule has 0 amide bonds. The van der Waals surface area contributed by atoms with Gasteiger partial charge in [0.05, 0.1) is 0 Å². The molecule has 1 N–H and O–H groups in total. The maximum absolute atomic E-state index is 4.19. The van der Waals surface area contributed by atoms with Crippen molar-refractivity contribution in [3.8, 4) is 0 Å². The molecular formula is C13H20N2. The molecule has 1 fully saturated rings. The molecule has 1 heterocycles. The summed E-state index contributed by atoms with van der Waals surface area (Å²) < 4.78 is 0. The summed E-state index contributed by atoms with van der Waals surface area (Å²) in [5, 5.41) is 3.72. The van der Waals surface area contributed by atoms with Gasteiger partial charge in [0.1, 0.15) is 0 Å². The van der Waals surface area contributed by atoms with Gasteiger partial charge in [-0.1, -0.05) is 26.8 Å². The van der Waals surface area contributed by atoms with E-state index in [0.717, 1.165) is 12.0 Å². The van der Waals surface area contributed by atoms with Crippen molar-refractivity contribution in [2.75, 3.05) is 0 Å². The highest BCUT2D eigenvalue weighted by molar-refractivity contribution is 5.15. The van der Waals surface area contributed by atoms with Crippen LogP contribution < -0.4 is 5.32 Å². The van der Waals surface area contributed by atoms with Gasteiger partial charge in [0, 0.05) is 24.5 Å². The van der Waals surface area contributed by atoms with E-state index < -0.39 is 0 Å². The Balaban J connectivity index is 2.06. The number of nitrogens with one attached hydrogen (secondary N) is 1. The number of rotatable bonds is 4. The molecule has 0 aliphatic heterocycles. The van der Waals surface area contributed by atoms with Crippen LogP contribution in [0.25, 0.3) is 0 Å². The molecule has 1 aromatic rings. The molecule has 2 nitrogen and oxygen atoms in total. The van der Waals surface area contributed by atoms with E-state index in [-0.39, 0.29) is 0 Å². The SMILES string of the molecule is CC(C)C(NC1CC1C)c1cccnc1. The van der Waals surface area contributed by atoms with Gasteiger partial charge in [-0.15, -0.1) is 0 Å². The quantitative estimate of drug-likeness (QED) is 0.815. The fourth-order valence-electron chi connectivity index (χ4n) is 2.02. The van der Waals surface area contributed by atoms with E-state index in [4.69, 9.17) is 0 Å². The number of aromatic nitrogens is 1. The van der Waals surface area contributed by atoms with E-state index >= 15 is 0 Å². The second-order valence-corrected chi connectivity index (χ2v) is 4.99. The Kier molecular flexibility index (Phi) is 3.06. The van der Waals surface area contributed by atoms with Crippen molar-refractivity contribution >= 4 is 0 Å². The Morgan fingerprint density at radius 1 is 1.47 bits per heavy atom. The molecule has 1 aliphatic rings. The second kappa shape index (κ2) is 4.31. The standard InChI is InChI=1S/C13H20N2/c1-9(2)13(15-12-7-10(12)3)11-5-4-6-14-8-11/h4-6,8-10,12-13,15H,7H2,1-3H3. The molecule has 0 saturated heterocycles. The lowest BCUT2D eigenvalue weighted by atomic mass is 9.97. The van der Waals surface area contributed by atoms with Crippen LogP contribution in [0.2, 0.25) is 0 Å². The van der Waals surface area contributed by atoms with Gasteiger partial charge >= 0.3 is 0 Å². The fourth-order valence-corrected chi connectivity index (χ4v) is 2.02. The molecule has 3 unspecified atom stereocenters. The van der Waals surface area contributed by atoms with Crippen LogP contribution in [0, 0.1) is 11.8 Å². The van der Waals surface area contributed by atoms with Gasteiger partial charge in [-0.25, -0.2) is 0 Å². The van der Waals surface area contributed by atoms with Crippen molar-refractivity contribution in [2.45, 2.75) is 39.3 Å². The summed E-state index contributed by atoms with van der Waals surface area (Å²) in [5.74, 6) is 1.46. The first-order chi connectivity index (χ1) is 7.18. The van der Waals surface area contributed by atoms with Crippen LogP contribution in [0.3, 0.4) is 0 Å². The van der Waals surface area contributed by atoms with Crippen molar-refractivity contribution in [1.82, 2.24) is 10.3 Å². The Hall–Kier alpha value is -0.890. The molecule has 2 heteroatoms. The van der Waals surface area contributed by atoms with Gasteiger partial charge in [0.15, 0.2) is 0 Å². The highest BCUT2D eigenvalue weighted by atomic mass is 15.0. The van der Waals surface area contributed by atoms with Gasteiger partial charge in [-0.3, -0.25) is 4.98 Å². The molecule has 15 heavy (non-hydrogen) atoms. The predicted octanol–water partition coefficient (Wildman–Crippen LogP) is 2.78. The van der Waals surface area contributed by atoms with Crippen molar-refractivity contribution in [3.63, 3.8) is 0 Å². The summed E-state index contributed by atoms with van der Waals surface area (Å²) in [6, 6.07) is 5.35. The smallest absolute Gasteiger partial charge is 0.0361 e. The van der Waals surface area contributed by atoms with Gasteiger partial charge in [-0.05, 0) is 29.9 Å². The average Bonchev–Trinajstić information content (AvgIpc) is 2.92. The fraction of sp³-hybridized carbons (Fsp3) is 0.615. The van der Waals surface area contributed by atoms with E-state index in [2.05, 4.69) is 37.1 Å². The first-order valence-electron chi connectivity index (χ1n) is 5.84. The first kappa shape index (κ1) is 10.6. The molecule has 0 radical (unpaired) electrons. The summed E-state index contributed by atoms with van der Waals surface area (Å²) in [6.45, 7) is 6.83. The summed E-state index contributed by atoms with van der Waals surface area (Å²) in [4.78, 5) is 4.19. The number of hydrogen-bond acceptors (Lipinski definition) is 2. The maximum atomic E-state index is 4.19. The van der Waals surface area contributed by atoms with Gasteiger partial charge in [0.2, 0.25) is 0 Å². The third kappa shape index (κ3) is 2.57. The first-order valence-corrected chi connectivity index (χ1v) is 5.84. The van der Waals surface area contributed by atoms with Crippen LogP contribution >= 0.6 is 0 Å². The van der Waals surface area contributed by atoms with Crippen molar-refractivity contribution in [2.24, 2.45) is 11.8 Å². The monoisotopic (exact) mass is 204 g/mol. The molecule has 1 aliphatic carbocycles. The Morgan fingerprint density at radius 3 is 2.67 bits per heavy atom. The zero-order valence-electron chi connectivity index (χ0n) is 9.77. The van der Waals surface area contributed by atoms with Gasteiger partial charge in [-0.2, -0.15) is 0 Å². The molecule has 2 rings (SSSR count). The molecular weight excluding hydrogens is 184 g/mol. The van der Waals surface area contributed by atoms with Crippen LogP contribution in [0.15, 0.2) is 24.5 Å². The van der Waals surface area contributed by atoms with Crippen LogP contribution in [-0.4, -0.2) is 11.0 Å². The normalized spacial score (nSPS) is 26.7. The minimum atomic E-state index is 0.452. The molecule has 0 aromatic carbocycles. The van der Waals surface area contributed by atoms with E-state index in [9.17, 15) is 0 Å². The molecule has 3 atom stereocenters. The van der Waals surface area contributed by atoms with Crippen molar-refractivity contribution < 1.29 is 0 Å². The molecule has 1 saturated carbocycles. The van der Waals surface area contributed by atoms with E-state index in [1.165, 1.54) is 12.0 Å². The van der Waals surface area contributed by atoms with E-state index in [0.29, 0.717) is 12.0 Å². The molecule has 1 aromatic heterocycles. The summed E-state index contributed by atoms with van der Waals surface area (Å²) >= 11 is 0. The average molecular weight is 204 g/mol. The van der Waals surface area contributed by atoms with Crippen LogP contribution in [0.5, 0.6) is 0 Å². The number of hydrogen-bond donors (Lipinski definition) is 1. The van der Waals surface area contributed by atoms with Gasteiger partial charge < -0.3 is 5.32 Å². The third-order valence-electron chi connectivity index (χ3n) is 3.21. The lowest BCUT2D eigenvalue weighted by Crippen LogP contribution is -2.28. The third-order valence-corrected chi connectivity index (χ3v) is 3.21. The van der Waals surface area contributed by atoms with Crippen molar-refractivity contribution in [3.05, 3.63) is 30.1 Å². The van der Waals surface area contributed by atoms with Crippen molar-refractivity contribution in [1.29, 1.82) is 0 Å². The number of pyridine rings is 1. The van der Waals surface area contributed by atoms with Crippen LogP contribution in [0.1, 0.15) is 38.8 Å². The predicted molar refractivity (Wildman–Crippen MR) is 62.5 cm³/mol. The summed E-state index contributed by atoms with van der Waals surface area (Å²) in [6.07, 6.45) is 5.13. The molecule has 0 bridgehead atoms. The Bertz CT molecular complexity index is 308.